The molecule has 212 valence electrons. The summed E-state index contributed by atoms with van der Waals surface area (Å²) in [7, 11) is 0. The van der Waals surface area contributed by atoms with E-state index in [4.69, 9.17) is 15.9 Å². The highest BCUT2D eigenvalue weighted by molar-refractivity contribution is 5.95. The number of aromatic nitrogens is 1. The maximum absolute atomic E-state index is 13.2. The van der Waals surface area contributed by atoms with Crippen molar-refractivity contribution >= 4 is 46.5 Å². The zero-order valence-electron chi connectivity index (χ0n) is 21.5. The van der Waals surface area contributed by atoms with Gasteiger partial charge in [-0.2, -0.15) is 0 Å². The van der Waals surface area contributed by atoms with Crippen LogP contribution in [0.25, 0.3) is 10.9 Å². The number of H-pyrrole nitrogens is 1. The molecule has 0 aliphatic heterocycles. The van der Waals surface area contributed by atoms with Gasteiger partial charge < -0.3 is 42.0 Å². The molecule has 4 atom stereocenters. The molecule has 14 heteroatoms. The number of amides is 3. The molecule has 0 spiro atoms. The Bertz CT molecular complexity index is 1230. The summed E-state index contributed by atoms with van der Waals surface area (Å²) in [5.74, 6) is -7.00. The van der Waals surface area contributed by atoms with Crippen LogP contribution in [0.4, 0.5) is 0 Å². The van der Waals surface area contributed by atoms with Crippen LogP contribution in [0.1, 0.15) is 38.7 Å². The van der Waals surface area contributed by atoms with Crippen molar-refractivity contribution in [3.05, 3.63) is 36.0 Å². The highest BCUT2D eigenvalue weighted by Crippen LogP contribution is 2.19. The second-order valence-corrected chi connectivity index (χ2v) is 9.39. The number of carbonyl (C=O) groups excluding carboxylic acids is 3. The third-order valence-electron chi connectivity index (χ3n) is 5.97. The van der Waals surface area contributed by atoms with E-state index in [9.17, 15) is 33.9 Å². The van der Waals surface area contributed by atoms with Crippen molar-refractivity contribution in [3.63, 3.8) is 0 Å². The number of rotatable bonds is 15. The Hall–Kier alpha value is -4.46. The lowest BCUT2D eigenvalue weighted by atomic mass is 9.99. The molecule has 0 saturated heterocycles. The number of hydrogen-bond donors (Lipinski definition) is 8. The SMILES string of the molecule is CC(C)C(NC(=O)C(N)CC(=O)O)C(=O)NC(Cc1c[nH]c2ccccc12)C(=O)NC(CCC(=O)O)C(=O)O. The number of fused-ring (bicyclic) bond motifs is 1. The van der Waals surface area contributed by atoms with Crippen LogP contribution < -0.4 is 21.7 Å². The number of carbonyl (C=O) groups is 6. The number of aromatic amines is 1. The maximum Gasteiger partial charge on any atom is 0.326 e. The van der Waals surface area contributed by atoms with Crippen LogP contribution in [0.15, 0.2) is 30.5 Å². The van der Waals surface area contributed by atoms with E-state index in [1.54, 1.807) is 38.2 Å². The Morgan fingerprint density at radius 3 is 2.10 bits per heavy atom. The van der Waals surface area contributed by atoms with Crippen molar-refractivity contribution in [2.45, 2.75) is 63.7 Å². The summed E-state index contributed by atoms with van der Waals surface area (Å²) in [5.41, 5.74) is 7.01. The van der Waals surface area contributed by atoms with Crippen LogP contribution in [0.2, 0.25) is 0 Å². The molecule has 1 heterocycles. The molecule has 39 heavy (non-hydrogen) atoms. The second kappa shape index (κ2) is 13.9. The van der Waals surface area contributed by atoms with E-state index in [2.05, 4.69) is 20.9 Å². The number of carboxylic acids is 3. The monoisotopic (exact) mass is 547 g/mol. The van der Waals surface area contributed by atoms with Crippen molar-refractivity contribution in [2.24, 2.45) is 11.7 Å². The molecule has 3 amide bonds. The van der Waals surface area contributed by atoms with E-state index in [1.165, 1.54) is 0 Å². The topological polar surface area (TPSA) is 241 Å². The Morgan fingerprint density at radius 1 is 0.872 bits per heavy atom. The van der Waals surface area contributed by atoms with E-state index in [0.29, 0.717) is 5.56 Å². The predicted molar refractivity (Wildman–Crippen MR) is 137 cm³/mol. The lowest BCUT2D eigenvalue weighted by molar-refractivity contribution is -0.143. The van der Waals surface area contributed by atoms with Crippen molar-refractivity contribution < 1.29 is 44.1 Å². The Balaban J connectivity index is 2.31. The summed E-state index contributed by atoms with van der Waals surface area (Å²) in [6.45, 7) is 3.24. The van der Waals surface area contributed by atoms with Crippen molar-refractivity contribution in [1.29, 1.82) is 0 Å². The van der Waals surface area contributed by atoms with Gasteiger partial charge >= 0.3 is 17.9 Å². The molecule has 0 radical (unpaired) electrons. The highest BCUT2D eigenvalue weighted by Gasteiger charge is 2.32. The fourth-order valence-corrected chi connectivity index (χ4v) is 3.86. The molecular weight excluding hydrogens is 514 g/mol. The number of hydrogen-bond acceptors (Lipinski definition) is 7. The maximum atomic E-state index is 13.2. The van der Waals surface area contributed by atoms with Gasteiger partial charge in [0.1, 0.15) is 18.1 Å². The molecule has 1 aromatic carbocycles. The first-order valence-electron chi connectivity index (χ1n) is 12.2. The predicted octanol–water partition coefficient (Wildman–Crippen LogP) is -0.428. The summed E-state index contributed by atoms with van der Waals surface area (Å²) < 4.78 is 0. The van der Waals surface area contributed by atoms with Crippen LogP contribution in [-0.2, 0) is 35.2 Å². The Labute approximate surface area is 223 Å². The van der Waals surface area contributed by atoms with Gasteiger partial charge in [-0.1, -0.05) is 32.0 Å². The molecule has 1 aromatic heterocycles. The quantitative estimate of drug-likeness (QED) is 0.143. The normalized spacial score (nSPS) is 14.2. The minimum atomic E-state index is -1.52. The summed E-state index contributed by atoms with van der Waals surface area (Å²) in [6, 6.07) is 1.75. The molecule has 0 fully saturated rings. The number of nitrogens with one attached hydrogen (secondary N) is 4. The molecule has 0 saturated carbocycles. The summed E-state index contributed by atoms with van der Waals surface area (Å²) in [5, 5.41) is 35.3. The average molecular weight is 548 g/mol. The van der Waals surface area contributed by atoms with Crippen LogP contribution in [-0.4, -0.2) is 80.1 Å². The van der Waals surface area contributed by atoms with Crippen LogP contribution in [0.3, 0.4) is 0 Å². The van der Waals surface area contributed by atoms with Gasteiger partial charge in [-0.05, 0) is 24.0 Å². The fraction of sp³-hybridized carbons (Fsp3) is 0.440. The number of benzene rings is 1. The fourth-order valence-electron chi connectivity index (χ4n) is 3.86. The van der Waals surface area contributed by atoms with Crippen LogP contribution >= 0.6 is 0 Å². The second-order valence-electron chi connectivity index (χ2n) is 9.39. The first kappa shape index (κ1) is 30.8. The number of carboxylic acid groups (broad SMARTS) is 3. The molecule has 2 rings (SSSR count). The van der Waals surface area contributed by atoms with Gasteiger partial charge in [-0.15, -0.1) is 0 Å². The molecule has 2 aromatic rings. The first-order chi connectivity index (χ1) is 18.3. The minimum Gasteiger partial charge on any atom is -0.481 e. The highest BCUT2D eigenvalue weighted by atomic mass is 16.4. The molecule has 0 bridgehead atoms. The van der Waals surface area contributed by atoms with E-state index < -0.39 is 78.6 Å². The number of nitrogens with two attached hydrogens (primary N) is 1. The molecule has 4 unspecified atom stereocenters. The summed E-state index contributed by atoms with van der Waals surface area (Å²) in [6.07, 6.45) is 0.0365. The number of para-hydroxylation sites is 1. The molecule has 14 nitrogen and oxygen atoms in total. The molecule has 0 aliphatic rings. The standard InChI is InChI=1S/C25H33N5O9/c1-12(2)21(30-22(35)15(26)10-20(33)34)24(37)29-18(9-13-11-27-16-6-4-3-5-14(13)16)23(36)28-17(25(38)39)7-8-19(31)32/h3-6,11-12,15,17-18,21,27H,7-10,26H2,1-2H3,(H,28,36)(H,29,37)(H,30,35)(H,31,32)(H,33,34)(H,38,39). The minimum absolute atomic E-state index is 0.0653. The van der Waals surface area contributed by atoms with Crippen molar-refractivity contribution in [1.82, 2.24) is 20.9 Å². The van der Waals surface area contributed by atoms with Gasteiger partial charge in [0.2, 0.25) is 17.7 Å². The van der Waals surface area contributed by atoms with E-state index in [1.807, 2.05) is 6.07 Å². The lowest BCUT2D eigenvalue weighted by Crippen LogP contribution is -2.59. The van der Waals surface area contributed by atoms with E-state index in [-0.39, 0.29) is 12.8 Å². The Kier molecular flexibility index (Phi) is 11.0. The number of aliphatic carboxylic acids is 3. The Morgan fingerprint density at radius 2 is 1.51 bits per heavy atom. The van der Waals surface area contributed by atoms with Gasteiger partial charge in [0.25, 0.3) is 0 Å². The zero-order valence-corrected chi connectivity index (χ0v) is 21.5. The molecule has 9 N–H and O–H groups in total. The summed E-state index contributed by atoms with van der Waals surface area (Å²) >= 11 is 0. The van der Waals surface area contributed by atoms with Crippen molar-refractivity contribution in [2.75, 3.05) is 0 Å². The van der Waals surface area contributed by atoms with Gasteiger partial charge in [0.15, 0.2) is 0 Å². The van der Waals surface area contributed by atoms with Crippen LogP contribution in [0, 0.1) is 5.92 Å². The van der Waals surface area contributed by atoms with Gasteiger partial charge in [-0.3, -0.25) is 24.0 Å². The average Bonchev–Trinajstić information content (AvgIpc) is 3.26. The zero-order chi connectivity index (χ0) is 29.3. The first-order valence-corrected chi connectivity index (χ1v) is 12.2. The van der Waals surface area contributed by atoms with E-state index in [0.717, 1.165) is 10.9 Å². The largest absolute Gasteiger partial charge is 0.481 e. The van der Waals surface area contributed by atoms with Gasteiger partial charge in [0.05, 0.1) is 12.5 Å². The molecule has 0 aliphatic carbocycles. The van der Waals surface area contributed by atoms with E-state index >= 15 is 0 Å². The third kappa shape index (κ3) is 9.10. The molecular formula is C25H33N5O9. The van der Waals surface area contributed by atoms with Gasteiger partial charge in [0, 0.05) is 29.9 Å². The summed E-state index contributed by atoms with van der Waals surface area (Å²) in [4.78, 5) is 75.4. The van der Waals surface area contributed by atoms with Gasteiger partial charge in [-0.25, -0.2) is 4.79 Å². The van der Waals surface area contributed by atoms with Crippen LogP contribution in [0.5, 0.6) is 0 Å². The van der Waals surface area contributed by atoms with Crippen molar-refractivity contribution in [3.8, 4) is 0 Å². The lowest BCUT2D eigenvalue weighted by Gasteiger charge is -2.27. The third-order valence-corrected chi connectivity index (χ3v) is 5.97. The smallest absolute Gasteiger partial charge is 0.326 e.